The number of ether oxygens (including phenoxy) is 1. The van der Waals surface area contributed by atoms with Gasteiger partial charge in [0.15, 0.2) is 0 Å². The van der Waals surface area contributed by atoms with Gasteiger partial charge in [0.25, 0.3) is 0 Å². The fourth-order valence-corrected chi connectivity index (χ4v) is 1.93. The molecule has 0 spiro atoms. The van der Waals surface area contributed by atoms with Crippen LogP contribution in [0.3, 0.4) is 0 Å². The summed E-state index contributed by atoms with van der Waals surface area (Å²) in [5.74, 6) is 6.96. The number of nitrogens with zero attached hydrogens (tertiary/aromatic N) is 1. The van der Waals surface area contributed by atoms with Crippen molar-refractivity contribution in [1.82, 2.24) is 10.3 Å². The van der Waals surface area contributed by atoms with E-state index in [0.29, 0.717) is 5.75 Å². The van der Waals surface area contributed by atoms with Gasteiger partial charge < -0.3 is 10.1 Å². The number of nitrogens with one attached hydrogen (secondary N) is 1. The van der Waals surface area contributed by atoms with Crippen LogP contribution >= 0.6 is 0 Å². The Labute approximate surface area is 124 Å². The van der Waals surface area contributed by atoms with E-state index in [1.807, 2.05) is 18.2 Å². The summed E-state index contributed by atoms with van der Waals surface area (Å²) in [5.41, 5.74) is 4.17. The molecule has 0 saturated carbocycles. The van der Waals surface area contributed by atoms with Gasteiger partial charge in [0.05, 0.1) is 6.20 Å². The zero-order valence-electron chi connectivity index (χ0n) is 11.9. The van der Waals surface area contributed by atoms with Crippen molar-refractivity contribution in [1.29, 1.82) is 0 Å². The summed E-state index contributed by atoms with van der Waals surface area (Å²) in [6.45, 7) is 3.08. The van der Waals surface area contributed by atoms with Crippen molar-refractivity contribution in [3.05, 3.63) is 71.4 Å². The summed E-state index contributed by atoms with van der Waals surface area (Å²) >= 11 is 0. The molecule has 2 aromatic rings. The SMILES string of the molecule is Cc1cccc(C#Cc2cncc(O/C=C3\CCN3)c2)c1. The second kappa shape index (κ2) is 6.15. The number of hydrogen-bond acceptors (Lipinski definition) is 3. The number of rotatable bonds is 2. The van der Waals surface area contributed by atoms with E-state index in [0.717, 1.165) is 29.8 Å². The summed E-state index contributed by atoms with van der Waals surface area (Å²) < 4.78 is 5.57. The Morgan fingerprint density at radius 3 is 2.81 bits per heavy atom. The van der Waals surface area contributed by atoms with Crippen LogP contribution in [-0.4, -0.2) is 11.5 Å². The second-order valence-electron chi connectivity index (χ2n) is 4.97. The van der Waals surface area contributed by atoms with Gasteiger partial charge in [-0.2, -0.15) is 0 Å². The number of pyridine rings is 1. The Kier molecular flexibility index (Phi) is 3.88. The van der Waals surface area contributed by atoms with Crippen LogP contribution in [-0.2, 0) is 0 Å². The molecule has 21 heavy (non-hydrogen) atoms. The molecule has 1 fully saturated rings. The normalized spacial score (nSPS) is 14.6. The fraction of sp³-hybridized carbons (Fsp3) is 0.167. The van der Waals surface area contributed by atoms with Gasteiger partial charge in [-0.05, 0) is 30.7 Å². The fourth-order valence-electron chi connectivity index (χ4n) is 1.93. The molecule has 2 heterocycles. The van der Waals surface area contributed by atoms with Gasteiger partial charge >= 0.3 is 0 Å². The van der Waals surface area contributed by atoms with E-state index in [1.54, 1.807) is 18.7 Å². The lowest BCUT2D eigenvalue weighted by Gasteiger charge is -2.18. The maximum atomic E-state index is 5.57. The molecule has 0 bridgehead atoms. The Bertz CT molecular complexity index is 732. The summed E-state index contributed by atoms with van der Waals surface area (Å²) in [6.07, 6.45) is 6.20. The number of aromatic nitrogens is 1. The zero-order chi connectivity index (χ0) is 14.5. The molecule has 1 saturated heterocycles. The summed E-state index contributed by atoms with van der Waals surface area (Å²) in [6, 6.07) is 10.0. The molecule has 0 aliphatic carbocycles. The second-order valence-corrected chi connectivity index (χ2v) is 4.97. The highest BCUT2D eigenvalue weighted by molar-refractivity contribution is 5.44. The predicted octanol–water partition coefficient (Wildman–Crippen LogP) is 3.00. The summed E-state index contributed by atoms with van der Waals surface area (Å²) in [7, 11) is 0. The first kappa shape index (κ1) is 13.3. The predicted molar refractivity (Wildman–Crippen MR) is 82.7 cm³/mol. The Morgan fingerprint density at radius 1 is 1.19 bits per heavy atom. The largest absolute Gasteiger partial charge is 0.462 e. The van der Waals surface area contributed by atoms with E-state index < -0.39 is 0 Å². The number of aryl methyl sites for hydroxylation is 1. The quantitative estimate of drug-likeness (QED) is 0.676. The standard InChI is InChI=1S/C18H16N2O/c1-14-3-2-4-15(9-14)5-6-16-10-18(12-19-11-16)21-13-17-7-8-20-17/h2-4,9-13,20H,7-8H2,1H3/b17-13+. The minimum Gasteiger partial charge on any atom is -0.462 e. The Morgan fingerprint density at radius 2 is 2.05 bits per heavy atom. The first-order valence-electron chi connectivity index (χ1n) is 6.93. The average molecular weight is 276 g/mol. The molecule has 3 nitrogen and oxygen atoms in total. The van der Waals surface area contributed by atoms with Crippen molar-refractivity contribution in [2.45, 2.75) is 13.3 Å². The smallest absolute Gasteiger partial charge is 0.146 e. The van der Waals surface area contributed by atoms with Crippen molar-refractivity contribution >= 4 is 0 Å². The third-order valence-electron chi connectivity index (χ3n) is 3.17. The van der Waals surface area contributed by atoms with Crippen LogP contribution in [0.5, 0.6) is 5.75 Å². The molecule has 104 valence electrons. The molecule has 0 atom stereocenters. The first-order chi connectivity index (χ1) is 10.3. The molecule has 1 aliphatic heterocycles. The van der Waals surface area contributed by atoms with Gasteiger partial charge in [0.1, 0.15) is 12.0 Å². The molecule has 0 unspecified atom stereocenters. The Hall–Kier alpha value is -2.73. The van der Waals surface area contributed by atoms with Crippen LogP contribution in [0.1, 0.15) is 23.1 Å². The van der Waals surface area contributed by atoms with Crippen molar-refractivity contribution in [3.63, 3.8) is 0 Å². The topological polar surface area (TPSA) is 34.1 Å². The van der Waals surface area contributed by atoms with Crippen molar-refractivity contribution < 1.29 is 4.74 Å². The molecule has 0 amide bonds. The van der Waals surface area contributed by atoms with Crippen molar-refractivity contribution in [2.75, 3.05) is 6.54 Å². The molecular weight excluding hydrogens is 260 g/mol. The maximum absolute atomic E-state index is 5.57. The monoisotopic (exact) mass is 276 g/mol. The summed E-state index contributed by atoms with van der Waals surface area (Å²) in [5, 5.41) is 3.17. The molecule has 1 N–H and O–H groups in total. The van der Waals surface area contributed by atoms with Gasteiger partial charge in [0, 0.05) is 36.0 Å². The summed E-state index contributed by atoms with van der Waals surface area (Å²) in [4.78, 5) is 4.16. The highest BCUT2D eigenvalue weighted by Gasteiger charge is 2.06. The molecule has 3 heteroatoms. The van der Waals surface area contributed by atoms with Gasteiger partial charge in [-0.3, -0.25) is 4.98 Å². The maximum Gasteiger partial charge on any atom is 0.146 e. The lowest BCUT2D eigenvalue weighted by Crippen LogP contribution is -2.27. The molecular formula is C18H16N2O. The Balaban J connectivity index is 1.74. The van der Waals surface area contributed by atoms with Crippen LogP contribution in [0.15, 0.2) is 54.7 Å². The van der Waals surface area contributed by atoms with Gasteiger partial charge in [-0.1, -0.05) is 24.0 Å². The van der Waals surface area contributed by atoms with Gasteiger partial charge in [-0.15, -0.1) is 0 Å². The van der Waals surface area contributed by atoms with Crippen molar-refractivity contribution in [2.24, 2.45) is 0 Å². The average Bonchev–Trinajstić information content (AvgIpc) is 2.44. The van der Waals surface area contributed by atoms with Gasteiger partial charge in [-0.25, -0.2) is 0 Å². The highest BCUT2D eigenvalue weighted by atomic mass is 16.5. The van der Waals surface area contributed by atoms with Crippen LogP contribution < -0.4 is 10.1 Å². The van der Waals surface area contributed by atoms with Gasteiger partial charge in [0.2, 0.25) is 0 Å². The molecule has 1 aromatic heterocycles. The number of hydrogen-bond donors (Lipinski definition) is 1. The minimum atomic E-state index is 0.701. The third kappa shape index (κ3) is 3.64. The lowest BCUT2D eigenvalue weighted by atomic mass is 10.1. The first-order valence-corrected chi connectivity index (χ1v) is 6.93. The molecule has 3 rings (SSSR count). The van der Waals surface area contributed by atoms with E-state index in [4.69, 9.17) is 4.74 Å². The van der Waals surface area contributed by atoms with Crippen LogP contribution in [0.4, 0.5) is 0 Å². The molecule has 0 radical (unpaired) electrons. The van der Waals surface area contributed by atoms with Crippen LogP contribution in [0.2, 0.25) is 0 Å². The van der Waals surface area contributed by atoms with E-state index in [9.17, 15) is 0 Å². The van der Waals surface area contributed by atoms with Crippen molar-refractivity contribution in [3.8, 4) is 17.6 Å². The van der Waals surface area contributed by atoms with Crippen LogP contribution in [0.25, 0.3) is 0 Å². The van der Waals surface area contributed by atoms with E-state index in [-0.39, 0.29) is 0 Å². The molecule has 1 aliphatic rings. The zero-order valence-corrected chi connectivity index (χ0v) is 11.9. The minimum absolute atomic E-state index is 0.701. The highest BCUT2D eigenvalue weighted by Crippen LogP contribution is 2.13. The number of benzene rings is 1. The third-order valence-corrected chi connectivity index (χ3v) is 3.17. The van der Waals surface area contributed by atoms with Crippen LogP contribution in [0, 0.1) is 18.8 Å². The van der Waals surface area contributed by atoms with E-state index >= 15 is 0 Å². The molecule has 1 aromatic carbocycles. The van der Waals surface area contributed by atoms with E-state index in [2.05, 4.69) is 41.2 Å². The lowest BCUT2D eigenvalue weighted by molar-refractivity contribution is 0.450. The van der Waals surface area contributed by atoms with E-state index in [1.165, 1.54) is 5.56 Å².